The zero-order valence-corrected chi connectivity index (χ0v) is 15.7. The number of methoxy groups -OCH3 is 3. The maximum absolute atomic E-state index is 8.92. The molecule has 3 aromatic rings. The largest absolute Gasteiger partial charge is 0.493 e. The third kappa shape index (κ3) is 3.56. The van der Waals surface area contributed by atoms with Gasteiger partial charge in [0.25, 0.3) is 0 Å². The van der Waals surface area contributed by atoms with Crippen LogP contribution in [-0.4, -0.2) is 26.3 Å². The van der Waals surface area contributed by atoms with Crippen molar-refractivity contribution in [2.75, 3.05) is 21.3 Å². The van der Waals surface area contributed by atoms with Crippen molar-refractivity contribution in [2.24, 2.45) is 0 Å². The standard InChI is InChI=1S/C22H20N2O3/c1-14-11-17-12-19(25-2)21(26-3)22(27-4)20(17)18(24-14)10-9-15-5-7-16(13-23)8-6-15/h5-12H,1-4H3. The summed E-state index contributed by atoms with van der Waals surface area (Å²) < 4.78 is 16.6. The fourth-order valence-corrected chi connectivity index (χ4v) is 3.02. The Hall–Kier alpha value is -3.52. The minimum Gasteiger partial charge on any atom is -0.493 e. The number of aromatic nitrogens is 1. The van der Waals surface area contributed by atoms with Crippen molar-refractivity contribution < 1.29 is 14.2 Å². The van der Waals surface area contributed by atoms with Gasteiger partial charge in [-0.15, -0.1) is 0 Å². The number of rotatable bonds is 5. The molecule has 2 aromatic carbocycles. The van der Waals surface area contributed by atoms with E-state index >= 15 is 0 Å². The molecule has 0 aliphatic rings. The van der Waals surface area contributed by atoms with Crippen LogP contribution in [-0.2, 0) is 0 Å². The molecule has 3 rings (SSSR count). The second-order valence-corrected chi connectivity index (χ2v) is 5.96. The van der Waals surface area contributed by atoms with E-state index in [9.17, 15) is 0 Å². The van der Waals surface area contributed by atoms with Crippen LogP contribution in [0.3, 0.4) is 0 Å². The Bertz CT molecular complexity index is 1050. The molecule has 0 unspecified atom stereocenters. The lowest BCUT2D eigenvalue weighted by molar-refractivity contribution is 0.327. The molecule has 5 nitrogen and oxygen atoms in total. The molecule has 0 N–H and O–H groups in total. The number of ether oxygens (including phenoxy) is 3. The van der Waals surface area contributed by atoms with Crippen LogP contribution in [0.1, 0.15) is 22.5 Å². The van der Waals surface area contributed by atoms with E-state index in [-0.39, 0.29) is 0 Å². The molecule has 5 heteroatoms. The Balaban J connectivity index is 2.19. The van der Waals surface area contributed by atoms with Gasteiger partial charge in [-0.2, -0.15) is 5.26 Å². The summed E-state index contributed by atoms with van der Waals surface area (Å²) in [7, 11) is 4.79. The van der Waals surface area contributed by atoms with Crippen molar-refractivity contribution in [2.45, 2.75) is 6.92 Å². The van der Waals surface area contributed by atoms with Crippen LogP contribution >= 0.6 is 0 Å². The van der Waals surface area contributed by atoms with Gasteiger partial charge in [-0.1, -0.05) is 18.2 Å². The minimum absolute atomic E-state index is 0.533. The second kappa shape index (κ2) is 7.79. The summed E-state index contributed by atoms with van der Waals surface area (Å²) in [6.45, 7) is 1.95. The van der Waals surface area contributed by atoms with Crippen LogP contribution in [0.4, 0.5) is 0 Å². The monoisotopic (exact) mass is 360 g/mol. The number of benzene rings is 2. The maximum atomic E-state index is 8.92. The lowest BCUT2D eigenvalue weighted by Crippen LogP contribution is -1.98. The van der Waals surface area contributed by atoms with Gasteiger partial charge >= 0.3 is 0 Å². The Morgan fingerprint density at radius 2 is 1.63 bits per heavy atom. The van der Waals surface area contributed by atoms with Crippen LogP contribution in [0.5, 0.6) is 17.2 Å². The third-order valence-corrected chi connectivity index (χ3v) is 4.25. The highest BCUT2D eigenvalue weighted by Crippen LogP contribution is 2.44. The molecule has 0 radical (unpaired) electrons. The molecule has 27 heavy (non-hydrogen) atoms. The number of hydrogen-bond donors (Lipinski definition) is 0. The second-order valence-electron chi connectivity index (χ2n) is 5.96. The molecule has 1 heterocycles. The summed E-state index contributed by atoms with van der Waals surface area (Å²) in [5, 5.41) is 10.7. The molecular formula is C22H20N2O3. The molecule has 0 fully saturated rings. The van der Waals surface area contributed by atoms with Crippen LogP contribution < -0.4 is 14.2 Å². The molecule has 0 spiro atoms. The van der Waals surface area contributed by atoms with Gasteiger partial charge in [0.1, 0.15) is 0 Å². The quantitative estimate of drug-likeness (QED) is 0.665. The fraction of sp³-hybridized carbons (Fsp3) is 0.182. The molecular weight excluding hydrogens is 340 g/mol. The van der Waals surface area contributed by atoms with Gasteiger partial charge in [-0.25, -0.2) is 0 Å². The predicted molar refractivity (Wildman–Crippen MR) is 106 cm³/mol. The summed E-state index contributed by atoms with van der Waals surface area (Å²) in [6, 6.07) is 13.4. The third-order valence-electron chi connectivity index (χ3n) is 4.25. The maximum Gasteiger partial charge on any atom is 0.204 e. The van der Waals surface area contributed by atoms with E-state index in [0.717, 1.165) is 27.7 Å². The topological polar surface area (TPSA) is 64.4 Å². The van der Waals surface area contributed by atoms with Gasteiger partial charge in [0.15, 0.2) is 11.5 Å². The summed E-state index contributed by atoms with van der Waals surface area (Å²) in [5.41, 5.74) is 3.26. The van der Waals surface area contributed by atoms with Gasteiger partial charge in [-0.05, 0) is 48.2 Å². The summed E-state index contributed by atoms with van der Waals surface area (Å²) in [6.07, 6.45) is 3.89. The summed E-state index contributed by atoms with van der Waals surface area (Å²) in [4.78, 5) is 4.67. The number of nitrogens with zero attached hydrogens (tertiary/aromatic N) is 2. The van der Waals surface area contributed by atoms with Crippen LogP contribution in [0, 0.1) is 18.3 Å². The first-order chi connectivity index (χ1) is 13.1. The normalized spacial score (nSPS) is 10.8. The first-order valence-electron chi connectivity index (χ1n) is 8.39. The van der Waals surface area contributed by atoms with E-state index in [1.807, 2.05) is 43.3 Å². The van der Waals surface area contributed by atoms with E-state index in [1.165, 1.54) is 0 Å². The van der Waals surface area contributed by atoms with E-state index < -0.39 is 0 Å². The van der Waals surface area contributed by atoms with Gasteiger partial charge in [0.2, 0.25) is 5.75 Å². The molecule has 0 bridgehead atoms. The Kier molecular flexibility index (Phi) is 5.28. The smallest absolute Gasteiger partial charge is 0.204 e. The minimum atomic E-state index is 0.533. The van der Waals surface area contributed by atoms with E-state index in [0.29, 0.717) is 22.8 Å². The molecule has 0 saturated carbocycles. The highest BCUT2D eigenvalue weighted by atomic mass is 16.5. The number of pyridine rings is 1. The van der Waals surface area contributed by atoms with Crippen molar-refractivity contribution in [3.8, 4) is 23.3 Å². The lowest BCUT2D eigenvalue weighted by atomic mass is 10.0. The molecule has 0 aliphatic carbocycles. The van der Waals surface area contributed by atoms with E-state index in [4.69, 9.17) is 19.5 Å². The fourth-order valence-electron chi connectivity index (χ4n) is 3.02. The lowest BCUT2D eigenvalue weighted by Gasteiger charge is -2.16. The first kappa shape index (κ1) is 18.3. The molecule has 136 valence electrons. The Morgan fingerprint density at radius 1 is 0.926 bits per heavy atom. The SMILES string of the molecule is COc1cc2cc(C)nc(C=Cc3ccc(C#N)cc3)c2c(OC)c1OC. The van der Waals surface area contributed by atoms with Crippen molar-refractivity contribution >= 4 is 22.9 Å². The Labute approximate surface area is 158 Å². The first-order valence-corrected chi connectivity index (χ1v) is 8.39. The zero-order valence-electron chi connectivity index (χ0n) is 15.7. The molecule has 0 saturated heterocycles. The van der Waals surface area contributed by atoms with Gasteiger partial charge in [0, 0.05) is 5.69 Å². The van der Waals surface area contributed by atoms with Crippen molar-refractivity contribution in [3.05, 3.63) is 58.9 Å². The van der Waals surface area contributed by atoms with Crippen LogP contribution in [0.2, 0.25) is 0 Å². The Morgan fingerprint density at radius 3 is 2.22 bits per heavy atom. The molecule has 1 aromatic heterocycles. The summed E-state index contributed by atoms with van der Waals surface area (Å²) in [5.74, 6) is 1.72. The zero-order chi connectivity index (χ0) is 19.4. The van der Waals surface area contributed by atoms with Crippen molar-refractivity contribution in [1.82, 2.24) is 4.98 Å². The number of hydrogen-bond acceptors (Lipinski definition) is 5. The van der Waals surface area contributed by atoms with Crippen LogP contribution in [0.15, 0.2) is 36.4 Å². The van der Waals surface area contributed by atoms with E-state index in [2.05, 4.69) is 11.1 Å². The number of fused-ring (bicyclic) bond motifs is 1. The van der Waals surface area contributed by atoms with Crippen molar-refractivity contribution in [1.29, 1.82) is 5.26 Å². The summed E-state index contributed by atoms with van der Waals surface area (Å²) >= 11 is 0. The van der Waals surface area contributed by atoms with Crippen LogP contribution in [0.25, 0.3) is 22.9 Å². The molecule has 0 atom stereocenters. The highest BCUT2D eigenvalue weighted by Gasteiger charge is 2.18. The molecule has 0 aliphatic heterocycles. The molecule has 0 amide bonds. The van der Waals surface area contributed by atoms with E-state index in [1.54, 1.807) is 33.5 Å². The average Bonchev–Trinajstić information content (AvgIpc) is 2.70. The average molecular weight is 360 g/mol. The number of aryl methyl sites for hydroxylation is 1. The predicted octanol–water partition coefficient (Wildman–Crippen LogP) is 4.61. The van der Waals surface area contributed by atoms with Gasteiger partial charge in [0.05, 0.1) is 44.0 Å². The van der Waals surface area contributed by atoms with Gasteiger partial charge in [-0.3, -0.25) is 4.98 Å². The highest BCUT2D eigenvalue weighted by molar-refractivity contribution is 5.99. The van der Waals surface area contributed by atoms with Crippen molar-refractivity contribution in [3.63, 3.8) is 0 Å². The van der Waals surface area contributed by atoms with Gasteiger partial charge < -0.3 is 14.2 Å². The number of nitriles is 1.